The maximum Gasteiger partial charge on any atom is 0.329 e. The average molecular weight is 773 g/mol. The molecule has 0 saturated carbocycles. The first-order valence-corrected chi connectivity index (χ1v) is 25.2. The van der Waals surface area contributed by atoms with Gasteiger partial charge < -0.3 is 13.9 Å². The third kappa shape index (κ3) is 36.6. The quantitative estimate of drug-likeness (QED) is 0.0489. The summed E-state index contributed by atoms with van der Waals surface area (Å²) >= 11 is 0. The molecule has 0 aliphatic rings. The second-order valence-electron chi connectivity index (χ2n) is 17.3. The zero-order chi connectivity index (χ0) is 39.4. The SMILES string of the molecule is CCCCCCCCCCCCCCCCCCCCCCCOc1cc(C=O)oc1OCCCCCCCCCCCCCCCCCCCCCCC. The standard InChI is InChI=1S/C51H96O4/c1-3-5-7-9-11-13-15-17-19-21-23-25-27-29-31-33-35-37-39-41-43-45-53-50-47-49(48-52)55-51(50)54-46-44-42-40-38-36-34-32-30-28-26-24-22-20-18-16-14-12-10-8-6-4-2/h47-48H,3-46H2,1-2H3. The van der Waals surface area contributed by atoms with Crippen LogP contribution < -0.4 is 9.47 Å². The lowest BCUT2D eigenvalue weighted by molar-refractivity contribution is 0.109. The molecule has 1 rings (SSSR count). The van der Waals surface area contributed by atoms with Gasteiger partial charge in [0.15, 0.2) is 12.0 Å². The van der Waals surface area contributed by atoms with Gasteiger partial charge in [-0.15, -0.1) is 0 Å². The molecule has 1 aromatic heterocycles. The van der Waals surface area contributed by atoms with Crippen molar-refractivity contribution in [2.45, 2.75) is 284 Å². The third-order valence-corrected chi connectivity index (χ3v) is 11.8. The summed E-state index contributed by atoms with van der Waals surface area (Å²) in [5.74, 6) is 1.24. The van der Waals surface area contributed by atoms with Crippen LogP contribution in [0.4, 0.5) is 0 Å². The Kier molecular flexibility index (Phi) is 40.9. The molecule has 4 heteroatoms. The van der Waals surface area contributed by atoms with Crippen LogP contribution in [-0.2, 0) is 0 Å². The van der Waals surface area contributed by atoms with Gasteiger partial charge in [0.2, 0.25) is 5.75 Å². The first kappa shape index (κ1) is 51.6. The number of carbonyl (C=O) groups is 1. The van der Waals surface area contributed by atoms with Crippen molar-refractivity contribution >= 4 is 6.29 Å². The summed E-state index contributed by atoms with van der Waals surface area (Å²) < 4.78 is 17.5. The van der Waals surface area contributed by atoms with Crippen LogP contribution in [0.2, 0.25) is 0 Å². The molecule has 0 radical (unpaired) electrons. The van der Waals surface area contributed by atoms with Gasteiger partial charge in [0.05, 0.1) is 13.2 Å². The van der Waals surface area contributed by atoms with Crippen LogP contribution in [0.5, 0.6) is 11.7 Å². The normalized spacial score (nSPS) is 11.5. The zero-order valence-corrected chi connectivity index (χ0v) is 37.4. The highest BCUT2D eigenvalue weighted by Crippen LogP contribution is 2.31. The first-order valence-electron chi connectivity index (χ1n) is 25.2. The van der Waals surface area contributed by atoms with E-state index in [1.54, 1.807) is 6.07 Å². The van der Waals surface area contributed by atoms with E-state index >= 15 is 0 Å². The van der Waals surface area contributed by atoms with E-state index < -0.39 is 0 Å². The smallest absolute Gasteiger partial charge is 0.329 e. The van der Waals surface area contributed by atoms with E-state index in [0.717, 1.165) is 19.1 Å². The minimum absolute atomic E-state index is 0.280. The maximum absolute atomic E-state index is 11.3. The fraction of sp³-hybridized carbons (Fsp3) is 0.902. The van der Waals surface area contributed by atoms with E-state index in [-0.39, 0.29) is 5.76 Å². The van der Waals surface area contributed by atoms with Gasteiger partial charge in [0.25, 0.3) is 0 Å². The summed E-state index contributed by atoms with van der Waals surface area (Å²) in [6, 6.07) is 1.68. The second kappa shape index (κ2) is 43.7. The third-order valence-electron chi connectivity index (χ3n) is 11.8. The molecule has 1 aromatic rings. The molecular formula is C51H96O4. The monoisotopic (exact) mass is 773 g/mol. The van der Waals surface area contributed by atoms with E-state index in [1.165, 1.54) is 257 Å². The lowest BCUT2D eigenvalue weighted by Crippen LogP contribution is -2.01. The van der Waals surface area contributed by atoms with Gasteiger partial charge in [-0.3, -0.25) is 4.79 Å². The molecule has 0 aliphatic heterocycles. The highest BCUT2D eigenvalue weighted by atomic mass is 16.6. The van der Waals surface area contributed by atoms with Crippen LogP contribution in [0.15, 0.2) is 10.5 Å². The summed E-state index contributed by atoms with van der Waals surface area (Å²) in [5, 5.41) is 0. The minimum atomic E-state index is 0.280. The van der Waals surface area contributed by atoms with Crippen molar-refractivity contribution in [2.75, 3.05) is 13.2 Å². The van der Waals surface area contributed by atoms with Gasteiger partial charge in [-0.1, -0.05) is 271 Å². The van der Waals surface area contributed by atoms with Crippen LogP contribution in [-0.4, -0.2) is 19.5 Å². The van der Waals surface area contributed by atoms with Crippen molar-refractivity contribution in [1.82, 2.24) is 0 Å². The molecule has 0 N–H and O–H groups in total. The van der Waals surface area contributed by atoms with Crippen molar-refractivity contribution in [1.29, 1.82) is 0 Å². The number of ether oxygens (including phenoxy) is 2. The van der Waals surface area contributed by atoms with E-state index in [9.17, 15) is 4.79 Å². The molecule has 1 heterocycles. The fourth-order valence-electron chi connectivity index (χ4n) is 8.05. The Morgan fingerprint density at radius 1 is 0.364 bits per heavy atom. The predicted molar refractivity (Wildman–Crippen MR) is 240 cm³/mol. The number of unbranched alkanes of at least 4 members (excludes halogenated alkanes) is 40. The molecular weight excluding hydrogens is 677 g/mol. The molecule has 0 aromatic carbocycles. The number of hydrogen-bond acceptors (Lipinski definition) is 4. The lowest BCUT2D eigenvalue weighted by Gasteiger charge is -2.08. The molecule has 0 fully saturated rings. The molecule has 0 unspecified atom stereocenters. The van der Waals surface area contributed by atoms with Crippen molar-refractivity contribution < 1.29 is 18.7 Å². The first-order chi connectivity index (χ1) is 27.3. The van der Waals surface area contributed by atoms with E-state index in [2.05, 4.69) is 13.8 Å². The highest BCUT2D eigenvalue weighted by Gasteiger charge is 2.14. The molecule has 0 aliphatic carbocycles. The van der Waals surface area contributed by atoms with Gasteiger partial charge in [0.1, 0.15) is 0 Å². The summed E-state index contributed by atoms with van der Waals surface area (Å²) in [7, 11) is 0. The van der Waals surface area contributed by atoms with Crippen LogP contribution in [0.25, 0.3) is 0 Å². The van der Waals surface area contributed by atoms with Crippen LogP contribution in [0.1, 0.15) is 294 Å². The van der Waals surface area contributed by atoms with Crippen LogP contribution in [0, 0.1) is 0 Å². The highest BCUT2D eigenvalue weighted by molar-refractivity contribution is 5.72. The van der Waals surface area contributed by atoms with Crippen LogP contribution >= 0.6 is 0 Å². The maximum atomic E-state index is 11.3. The van der Waals surface area contributed by atoms with Crippen molar-refractivity contribution in [3.05, 3.63) is 11.8 Å². The van der Waals surface area contributed by atoms with Crippen molar-refractivity contribution in [3.63, 3.8) is 0 Å². The largest absolute Gasteiger partial charge is 0.487 e. The molecule has 0 amide bonds. The van der Waals surface area contributed by atoms with Crippen molar-refractivity contribution in [2.24, 2.45) is 0 Å². The summed E-state index contributed by atoms with van der Waals surface area (Å²) in [6.45, 7) is 5.85. The summed E-state index contributed by atoms with van der Waals surface area (Å²) in [5.41, 5.74) is 0. The molecule has 0 spiro atoms. The number of carbonyl (C=O) groups excluding carboxylic acids is 1. The molecule has 0 saturated heterocycles. The van der Waals surface area contributed by atoms with Gasteiger partial charge in [-0.2, -0.15) is 0 Å². The zero-order valence-electron chi connectivity index (χ0n) is 37.4. The summed E-state index contributed by atoms with van der Waals surface area (Å²) in [6.07, 6.45) is 58.9. The predicted octanol–water partition coefficient (Wildman–Crippen LogP) is 18.3. The Balaban J connectivity index is 1.86. The Bertz CT molecular complexity index is 813. The Labute approximate surface area is 344 Å². The van der Waals surface area contributed by atoms with Crippen molar-refractivity contribution in [3.8, 4) is 11.7 Å². The van der Waals surface area contributed by atoms with Gasteiger partial charge >= 0.3 is 5.95 Å². The molecule has 55 heavy (non-hydrogen) atoms. The number of hydrogen-bond donors (Lipinski definition) is 0. The topological polar surface area (TPSA) is 48.7 Å². The minimum Gasteiger partial charge on any atom is -0.487 e. The Morgan fingerprint density at radius 2 is 0.600 bits per heavy atom. The van der Waals surface area contributed by atoms with Gasteiger partial charge in [0, 0.05) is 6.07 Å². The number of rotatable bonds is 47. The molecule has 4 nitrogen and oxygen atoms in total. The van der Waals surface area contributed by atoms with Gasteiger partial charge in [-0.05, 0) is 12.8 Å². The lowest BCUT2D eigenvalue weighted by atomic mass is 10.0. The molecule has 324 valence electrons. The molecule has 0 bridgehead atoms. The van der Waals surface area contributed by atoms with Crippen LogP contribution in [0.3, 0.4) is 0 Å². The second-order valence-corrected chi connectivity index (χ2v) is 17.3. The summed E-state index contributed by atoms with van der Waals surface area (Å²) in [4.78, 5) is 11.3. The number of furan rings is 1. The number of aldehydes is 1. The van der Waals surface area contributed by atoms with E-state index in [4.69, 9.17) is 13.9 Å². The average Bonchev–Trinajstić information content (AvgIpc) is 3.60. The fourth-order valence-corrected chi connectivity index (χ4v) is 8.05. The molecule has 0 atom stereocenters. The van der Waals surface area contributed by atoms with Gasteiger partial charge in [-0.25, -0.2) is 0 Å². The van der Waals surface area contributed by atoms with E-state index in [0.29, 0.717) is 24.9 Å². The Hall–Kier alpha value is -1.45. The Morgan fingerprint density at radius 3 is 0.855 bits per heavy atom. The van der Waals surface area contributed by atoms with E-state index in [1.807, 2.05) is 0 Å².